The van der Waals surface area contributed by atoms with Gasteiger partial charge in [0.05, 0.1) is 0 Å². The highest BCUT2D eigenvalue weighted by atomic mass is 16.3. The molecule has 0 bridgehead atoms. The summed E-state index contributed by atoms with van der Waals surface area (Å²) in [7, 11) is 0. The van der Waals surface area contributed by atoms with Crippen LogP contribution in [-0.2, 0) is 0 Å². The summed E-state index contributed by atoms with van der Waals surface area (Å²) < 4.78 is 0. The van der Waals surface area contributed by atoms with Crippen LogP contribution in [0.1, 0.15) is 39.1 Å². The van der Waals surface area contributed by atoms with E-state index < -0.39 is 11.2 Å². The topological polar surface area (TPSA) is 66.2 Å². The highest BCUT2D eigenvalue weighted by Gasteiger charge is 2.07. The molecule has 0 amide bonds. The Bertz CT molecular complexity index is 753. The van der Waals surface area contributed by atoms with Gasteiger partial charge in [0, 0.05) is 5.39 Å². The Morgan fingerprint density at radius 2 is 1.18 bits per heavy atom. The lowest BCUT2D eigenvalue weighted by atomic mass is 10.1. The lowest BCUT2D eigenvalue weighted by Gasteiger charge is -2.06. The molecule has 2 aromatic heterocycles. The van der Waals surface area contributed by atoms with Crippen LogP contribution in [0.25, 0.3) is 11.0 Å². The first-order chi connectivity index (χ1) is 10.1. The second-order valence-corrected chi connectivity index (χ2v) is 6.06. The van der Waals surface area contributed by atoms with Crippen LogP contribution >= 0.6 is 0 Å². The quantitative estimate of drug-likeness (QED) is 0.728. The van der Waals surface area contributed by atoms with Crippen molar-refractivity contribution in [3.8, 4) is 23.7 Å². The minimum Gasteiger partial charge on any atom is -0.378 e. The Balaban J connectivity index is 2.42. The molecule has 2 rings (SSSR count). The van der Waals surface area contributed by atoms with Gasteiger partial charge in [-0.15, -0.1) is 0 Å². The number of aliphatic hydroxyl groups is 2. The Morgan fingerprint density at radius 3 is 1.55 bits per heavy atom. The van der Waals surface area contributed by atoms with E-state index in [9.17, 15) is 10.2 Å². The highest BCUT2D eigenvalue weighted by Crippen LogP contribution is 2.11. The predicted octanol–water partition coefficient (Wildman–Crippen LogP) is 1.87. The molecule has 0 fully saturated rings. The van der Waals surface area contributed by atoms with Crippen molar-refractivity contribution in [2.45, 2.75) is 38.9 Å². The van der Waals surface area contributed by atoms with E-state index in [1.165, 1.54) is 0 Å². The van der Waals surface area contributed by atoms with Gasteiger partial charge in [0.2, 0.25) is 0 Å². The van der Waals surface area contributed by atoms with Gasteiger partial charge in [-0.25, -0.2) is 9.97 Å². The molecule has 2 N–H and O–H groups in total. The standard InChI is InChI=1S/C18H18N2O2/c1-17(2,21)11-9-14-7-5-13-6-8-15(20-16(13)19-14)10-12-18(3,4)22/h5-8,21-22H,1-4H3. The van der Waals surface area contributed by atoms with Crippen molar-refractivity contribution >= 4 is 11.0 Å². The fourth-order valence-electron chi connectivity index (χ4n) is 1.57. The van der Waals surface area contributed by atoms with Gasteiger partial charge in [0.15, 0.2) is 5.65 Å². The molecule has 0 atom stereocenters. The Labute approximate surface area is 130 Å². The van der Waals surface area contributed by atoms with E-state index in [1.54, 1.807) is 39.8 Å². The lowest BCUT2D eigenvalue weighted by Crippen LogP contribution is -2.14. The van der Waals surface area contributed by atoms with Crippen molar-refractivity contribution in [1.29, 1.82) is 0 Å². The number of hydrogen-bond acceptors (Lipinski definition) is 4. The van der Waals surface area contributed by atoms with Gasteiger partial charge < -0.3 is 10.2 Å². The molecule has 112 valence electrons. The summed E-state index contributed by atoms with van der Waals surface area (Å²) in [6.07, 6.45) is 0. The lowest BCUT2D eigenvalue weighted by molar-refractivity contribution is 0.143. The van der Waals surface area contributed by atoms with Crippen molar-refractivity contribution in [1.82, 2.24) is 9.97 Å². The summed E-state index contributed by atoms with van der Waals surface area (Å²) in [5.41, 5.74) is -0.525. The Hall–Kier alpha value is -2.40. The maximum Gasteiger partial charge on any atom is 0.161 e. The number of hydrogen-bond donors (Lipinski definition) is 2. The van der Waals surface area contributed by atoms with Gasteiger partial charge in [-0.05, 0) is 63.8 Å². The van der Waals surface area contributed by atoms with Crippen LogP contribution in [-0.4, -0.2) is 31.4 Å². The second-order valence-electron chi connectivity index (χ2n) is 6.06. The molecule has 0 unspecified atom stereocenters. The molecular formula is C18H18N2O2. The van der Waals surface area contributed by atoms with E-state index in [0.717, 1.165) is 5.39 Å². The van der Waals surface area contributed by atoms with Gasteiger partial charge in [-0.3, -0.25) is 0 Å². The average molecular weight is 294 g/mol. The summed E-state index contributed by atoms with van der Waals surface area (Å²) in [5, 5.41) is 20.1. The van der Waals surface area contributed by atoms with E-state index in [4.69, 9.17) is 0 Å². The van der Waals surface area contributed by atoms with Crippen LogP contribution in [0.4, 0.5) is 0 Å². The first-order valence-electron chi connectivity index (χ1n) is 6.91. The highest BCUT2D eigenvalue weighted by molar-refractivity contribution is 5.75. The third-order valence-corrected chi connectivity index (χ3v) is 2.55. The van der Waals surface area contributed by atoms with Gasteiger partial charge in [0.1, 0.15) is 22.6 Å². The SMILES string of the molecule is CC(C)(O)C#Cc1ccc2ccc(C#CC(C)(C)O)nc2n1. The van der Waals surface area contributed by atoms with Crippen LogP contribution in [0, 0.1) is 23.7 Å². The molecule has 2 aromatic rings. The third-order valence-electron chi connectivity index (χ3n) is 2.55. The van der Waals surface area contributed by atoms with E-state index in [2.05, 4.69) is 33.6 Å². The van der Waals surface area contributed by atoms with E-state index in [1.807, 2.05) is 12.1 Å². The van der Waals surface area contributed by atoms with Crippen molar-refractivity contribution in [3.63, 3.8) is 0 Å². The molecule has 4 heteroatoms. The fourth-order valence-corrected chi connectivity index (χ4v) is 1.57. The molecule has 0 saturated carbocycles. The largest absolute Gasteiger partial charge is 0.378 e. The molecule has 22 heavy (non-hydrogen) atoms. The number of aromatic nitrogens is 2. The molecule has 0 aliphatic carbocycles. The zero-order valence-electron chi connectivity index (χ0n) is 13.1. The van der Waals surface area contributed by atoms with Gasteiger partial charge in [-0.2, -0.15) is 0 Å². The molecule has 0 radical (unpaired) electrons. The summed E-state index contributed by atoms with van der Waals surface area (Å²) in [4.78, 5) is 8.71. The smallest absolute Gasteiger partial charge is 0.161 e. The van der Waals surface area contributed by atoms with Crippen molar-refractivity contribution in [2.24, 2.45) is 0 Å². The summed E-state index contributed by atoms with van der Waals surface area (Å²) >= 11 is 0. The Morgan fingerprint density at radius 1 is 0.773 bits per heavy atom. The zero-order chi connectivity index (χ0) is 16.4. The minimum atomic E-state index is -1.07. The molecule has 0 spiro atoms. The second kappa shape index (κ2) is 5.77. The molecule has 0 aliphatic rings. The van der Waals surface area contributed by atoms with Crippen LogP contribution < -0.4 is 0 Å². The first kappa shape index (κ1) is 16.0. The molecule has 0 aliphatic heterocycles. The summed E-state index contributed by atoms with van der Waals surface area (Å²) in [6.45, 7) is 6.46. The number of pyridine rings is 2. The summed E-state index contributed by atoms with van der Waals surface area (Å²) in [6, 6.07) is 7.31. The summed E-state index contributed by atoms with van der Waals surface area (Å²) in [5.74, 6) is 11.1. The number of rotatable bonds is 0. The molecule has 0 saturated heterocycles. The first-order valence-corrected chi connectivity index (χ1v) is 6.91. The number of fused-ring (bicyclic) bond motifs is 1. The molecule has 0 aromatic carbocycles. The van der Waals surface area contributed by atoms with Crippen LogP contribution in [0.3, 0.4) is 0 Å². The van der Waals surface area contributed by atoms with Crippen LogP contribution in [0.2, 0.25) is 0 Å². The van der Waals surface area contributed by atoms with Crippen LogP contribution in [0.5, 0.6) is 0 Å². The van der Waals surface area contributed by atoms with Gasteiger partial charge >= 0.3 is 0 Å². The normalized spacial score (nSPS) is 11.4. The van der Waals surface area contributed by atoms with Gasteiger partial charge in [0.25, 0.3) is 0 Å². The van der Waals surface area contributed by atoms with Crippen molar-refractivity contribution < 1.29 is 10.2 Å². The van der Waals surface area contributed by atoms with Crippen LogP contribution in [0.15, 0.2) is 24.3 Å². The van der Waals surface area contributed by atoms with E-state index in [0.29, 0.717) is 17.0 Å². The maximum absolute atomic E-state index is 9.62. The van der Waals surface area contributed by atoms with Gasteiger partial charge in [-0.1, -0.05) is 11.8 Å². The number of nitrogens with zero attached hydrogens (tertiary/aromatic N) is 2. The van der Waals surface area contributed by atoms with Crippen molar-refractivity contribution in [3.05, 3.63) is 35.7 Å². The maximum atomic E-state index is 9.62. The fraction of sp³-hybridized carbons (Fsp3) is 0.333. The molecule has 2 heterocycles. The predicted molar refractivity (Wildman–Crippen MR) is 85.9 cm³/mol. The van der Waals surface area contributed by atoms with E-state index >= 15 is 0 Å². The average Bonchev–Trinajstić information content (AvgIpc) is 2.41. The zero-order valence-corrected chi connectivity index (χ0v) is 13.1. The monoisotopic (exact) mass is 294 g/mol. The third kappa shape index (κ3) is 4.86. The Kier molecular flexibility index (Phi) is 4.19. The van der Waals surface area contributed by atoms with Crippen molar-refractivity contribution in [2.75, 3.05) is 0 Å². The molecule has 4 nitrogen and oxygen atoms in total. The molecular weight excluding hydrogens is 276 g/mol. The van der Waals surface area contributed by atoms with E-state index in [-0.39, 0.29) is 0 Å². The minimum absolute atomic E-state index is 0.532.